The molecule has 5 heteroatoms. The molecule has 0 radical (unpaired) electrons. The summed E-state index contributed by atoms with van der Waals surface area (Å²) in [7, 11) is 0. The minimum Gasteiger partial charge on any atom is -0.464 e. The van der Waals surface area contributed by atoms with Crippen LogP contribution in [0.5, 0.6) is 0 Å². The highest BCUT2D eigenvalue weighted by atomic mass is 32.1. The van der Waals surface area contributed by atoms with Gasteiger partial charge in [0.1, 0.15) is 6.04 Å². The first-order valence-electron chi connectivity index (χ1n) is 5.32. The van der Waals surface area contributed by atoms with E-state index in [1.165, 1.54) is 0 Å². The van der Waals surface area contributed by atoms with Gasteiger partial charge in [0, 0.05) is 11.3 Å². The van der Waals surface area contributed by atoms with Gasteiger partial charge < -0.3 is 10.1 Å². The van der Waals surface area contributed by atoms with Gasteiger partial charge in [-0.3, -0.25) is 4.79 Å². The molecule has 0 spiro atoms. The molecule has 1 amide bonds. The van der Waals surface area contributed by atoms with E-state index >= 15 is 0 Å². The van der Waals surface area contributed by atoms with E-state index in [1.807, 2.05) is 6.07 Å². The molecule has 1 aromatic carbocycles. The summed E-state index contributed by atoms with van der Waals surface area (Å²) in [5.74, 6) is -0.568. The Balaban J connectivity index is 2.63. The van der Waals surface area contributed by atoms with Gasteiger partial charge in [0.15, 0.2) is 0 Å². The average molecular weight is 253 g/mol. The van der Waals surface area contributed by atoms with Crippen LogP contribution < -0.4 is 5.32 Å². The predicted molar refractivity (Wildman–Crippen MR) is 68.2 cm³/mol. The van der Waals surface area contributed by atoms with Gasteiger partial charge in [-0.1, -0.05) is 18.2 Å². The number of carbonyl (C=O) groups excluding carboxylic acids is 2. The third-order valence-electron chi connectivity index (χ3n) is 2.09. The number of hydrogen-bond acceptors (Lipinski definition) is 4. The molecule has 0 saturated heterocycles. The standard InChI is InChI=1S/C12H15NO3S/c1-2-16-12(15)10(8-17)13-11(14)9-6-4-3-5-7-9/h3-7,10,17H,2,8H2,1H3,(H,13,14)/t10-/m0/s1. The zero-order valence-corrected chi connectivity index (χ0v) is 10.4. The smallest absolute Gasteiger partial charge is 0.329 e. The van der Waals surface area contributed by atoms with E-state index in [2.05, 4.69) is 17.9 Å². The van der Waals surface area contributed by atoms with Gasteiger partial charge in [-0.05, 0) is 19.1 Å². The number of amides is 1. The second-order valence-electron chi connectivity index (χ2n) is 3.33. The van der Waals surface area contributed by atoms with E-state index < -0.39 is 12.0 Å². The molecular formula is C12H15NO3S. The fraction of sp³-hybridized carbons (Fsp3) is 0.333. The molecule has 0 aliphatic heterocycles. The van der Waals surface area contributed by atoms with Crippen molar-refractivity contribution in [3.05, 3.63) is 35.9 Å². The van der Waals surface area contributed by atoms with Crippen LogP contribution in [0.3, 0.4) is 0 Å². The molecular weight excluding hydrogens is 238 g/mol. The number of hydrogen-bond donors (Lipinski definition) is 2. The first kappa shape index (κ1) is 13.6. The zero-order valence-electron chi connectivity index (χ0n) is 9.55. The van der Waals surface area contributed by atoms with Crippen LogP contribution in [0.15, 0.2) is 30.3 Å². The summed E-state index contributed by atoms with van der Waals surface area (Å²) in [6.45, 7) is 2.00. The molecule has 0 heterocycles. The van der Waals surface area contributed by atoms with Crippen molar-refractivity contribution in [2.75, 3.05) is 12.4 Å². The first-order chi connectivity index (χ1) is 8.19. The van der Waals surface area contributed by atoms with Gasteiger partial charge in [-0.2, -0.15) is 12.6 Å². The zero-order chi connectivity index (χ0) is 12.7. The molecule has 0 fully saturated rings. The van der Waals surface area contributed by atoms with Crippen molar-refractivity contribution in [1.29, 1.82) is 0 Å². The Kier molecular flexibility index (Phi) is 5.56. The molecule has 0 aliphatic carbocycles. The lowest BCUT2D eigenvalue weighted by Gasteiger charge is -2.14. The molecule has 1 aromatic rings. The van der Waals surface area contributed by atoms with Gasteiger partial charge in [0.25, 0.3) is 5.91 Å². The molecule has 17 heavy (non-hydrogen) atoms. The summed E-state index contributed by atoms with van der Waals surface area (Å²) in [4.78, 5) is 23.2. The molecule has 0 unspecified atom stereocenters. The van der Waals surface area contributed by atoms with Crippen LogP contribution in [0.4, 0.5) is 0 Å². The van der Waals surface area contributed by atoms with Gasteiger partial charge >= 0.3 is 5.97 Å². The Morgan fingerprint density at radius 3 is 2.53 bits per heavy atom. The van der Waals surface area contributed by atoms with E-state index in [-0.39, 0.29) is 18.3 Å². The highest BCUT2D eigenvalue weighted by Gasteiger charge is 2.20. The Labute approximate surface area is 106 Å². The van der Waals surface area contributed by atoms with Gasteiger partial charge in [-0.25, -0.2) is 4.79 Å². The molecule has 1 N–H and O–H groups in total. The van der Waals surface area contributed by atoms with Crippen molar-refractivity contribution < 1.29 is 14.3 Å². The van der Waals surface area contributed by atoms with Crippen LogP contribution in [0.25, 0.3) is 0 Å². The third-order valence-corrected chi connectivity index (χ3v) is 2.46. The summed E-state index contributed by atoms with van der Waals surface area (Å²) >= 11 is 4.02. The minimum absolute atomic E-state index is 0.206. The second-order valence-corrected chi connectivity index (χ2v) is 3.69. The van der Waals surface area contributed by atoms with Crippen molar-refractivity contribution in [2.24, 2.45) is 0 Å². The maximum Gasteiger partial charge on any atom is 0.329 e. The van der Waals surface area contributed by atoms with E-state index in [9.17, 15) is 9.59 Å². The molecule has 0 bridgehead atoms. The number of esters is 1. The first-order valence-corrected chi connectivity index (χ1v) is 5.95. The van der Waals surface area contributed by atoms with Crippen molar-refractivity contribution in [1.82, 2.24) is 5.32 Å². The lowest BCUT2D eigenvalue weighted by molar-refractivity contribution is -0.144. The topological polar surface area (TPSA) is 55.4 Å². The van der Waals surface area contributed by atoms with Crippen LogP contribution >= 0.6 is 12.6 Å². The Bertz CT molecular complexity index is 381. The largest absolute Gasteiger partial charge is 0.464 e. The summed E-state index contributed by atoms with van der Waals surface area (Å²) in [6.07, 6.45) is 0. The molecule has 1 rings (SSSR count). The molecule has 0 saturated carbocycles. The molecule has 92 valence electrons. The lowest BCUT2D eigenvalue weighted by Crippen LogP contribution is -2.43. The fourth-order valence-corrected chi connectivity index (χ4v) is 1.49. The molecule has 0 aliphatic rings. The van der Waals surface area contributed by atoms with E-state index in [4.69, 9.17) is 4.74 Å². The van der Waals surface area contributed by atoms with Crippen molar-refractivity contribution in [3.63, 3.8) is 0 Å². The highest BCUT2D eigenvalue weighted by Crippen LogP contribution is 2.00. The monoisotopic (exact) mass is 253 g/mol. The minimum atomic E-state index is -0.717. The van der Waals surface area contributed by atoms with Crippen molar-refractivity contribution >= 4 is 24.5 Å². The highest BCUT2D eigenvalue weighted by molar-refractivity contribution is 7.80. The maximum atomic E-state index is 11.8. The van der Waals surface area contributed by atoms with Gasteiger partial charge in [-0.15, -0.1) is 0 Å². The second kappa shape index (κ2) is 6.96. The van der Waals surface area contributed by atoms with Gasteiger partial charge in [0.05, 0.1) is 6.61 Å². The van der Waals surface area contributed by atoms with Crippen LogP contribution in [-0.2, 0) is 9.53 Å². The molecule has 1 atom stereocenters. The maximum absolute atomic E-state index is 11.8. The SMILES string of the molecule is CCOC(=O)[C@H](CS)NC(=O)c1ccccc1. The quantitative estimate of drug-likeness (QED) is 0.614. The number of benzene rings is 1. The predicted octanol–water partition coefficient (Wildman–Crippen LogP) is 1.28. The van der Waals surface area contributed by atoms with Crippen LogP contribution in [0, 0.1) is 0 Å². The van der Waals surface area contributed by atoms with Crippen LogP contribution in [0.1, 0.15) is 17.3 Å². The van der Waals surface area contributed by atoms with Gasteiger partial charge in [0.2, 0.25) is 0 Å². The number of rotatable bonds is 5. The molecule has 0 aromatic heterocycles. The lowest BCUT2D eigenvalue weighted by atomic mass is 10.2. The number of carbonyl (C=O) groups is 2. The summed E-state index contributed by atoms with van der Waals surface area (Å²) in [6, 6.07) is 7.97. The summed E-state index contributed by atoms with van der Waals surface area (Å²) in [5.41, 5.74) is 0.503. The number of ether oxygens (including phenoxy) is 1. The Morgan fingerprint density at radius 1 is 1.35 bits per heavy atom. The molecule has 4 nitrogen and oxygen atoms in total. The summed E-state index contributed by atoms with van der Waals surface area (Å²) in [5, 5.41) is 2.58. The number of thiol groups is 1. The van der Waals surface area contributed by atoms with Crippen LogP contribution in [0.2, 0.25) is 0 Å². The average Bonchev–Trinajstić information content (AvgIpc) is 2.37. The summed E-state index contributed by atoms with van der Waals surface area (Å²) < 4.78 is 4.83. The number of nitrogens with one attached hydrogen (secondary N) is 1. The van der Waals surface area contributed by atoms with Crippen molar-refractivity contribution in [3.8, 4) is 0 Å². The van der Waals surface area contributed by atoms with E-state index in [0.29, 0.717) is 5.56 Å². The van der Waals surface area contributed by atoms with Crippen molar-refractivity contribution in [2.45, 2.75) is 13.0 Å². The van der Waals surface area contributed by atoms with E-state index in [1.54, 1.807) is 31.2 Å². The third kappa shape index (κ3) is 4.11. The Hall–Kier alpha value is -1.49. The van der Waals surface area contributed by atoms with E-state index in [0.717, 1.165) is 0 Å². The fourth-order valence-electron chi connectivity index (χ4n) is 1.25. The Morgan fingerprint density at radius 2 is 2.00 bits per heavy atom. The van der Waals surface area contributed by atoms with Crippen LogP contribution in [-0.4, -0.2) is 30.3 Å². The normalized spacial score (nSPS) is 11.6.